The Morgan fingerprint density at radius 1 is 0.962 bits per heavy atom. The number of carbonyl (C=O) groups is 2. The van der Waals surface area contributed by atoms with Gasteiger partial charge in [-0.2, -0.15) is 0 Å². The Kier molecular flexibility index (Phi) is 4.15. The number of hydrogen-bond donors (Lipinski definition) is 1. The third-order valence-corrected chi connectivity index (χ3v) is 5.40. The first kappa shape index (κ1) is 16.6. The van der Waals surface area contributed by atoms with Crippen LogP contribution in [0.2, 0.25) is 0 Å². The fourth-order valence-electron chi connectivity index (χ4n) is 3.64. The molecule has 26 heavy (non-hydrogen) atoms. The van der Waals surface area contributed by atoms with Gasteiger partial charge in [-0.3, -0.25) is 9.59 Å². The highest BCUT2D eigenvalue weighted by Crippen LogP contribution is 2.28. The molecular formula is C21H23N3O2. The smallest absolute Gasteiger partial charge is 0.253 e. The van der Waals surface area contributed by atoms with Gasteiger partial charge < -0.3 is 15.1 Å². The van der Waals surface area contributed by atoms with Gasteiger partial charge in [0.2, 0.25) is 5.91 Å². The van der Waals surface area contributed by atoms with Crippen molar-refractivity contribution in [2.24, 2.45) is 0 Å². The van der Waals surface area contributed by atoms with E-state index < -0.39 is 0 Å². The lowest BCUT2D eigenvalue weighted by atomic mass is 10.1. The monoisotopic (exact) mass is 349 g/mol. The van der Waals surface area contributed by atoms with Crippen molar-refractivity contribution in [1.82, 2.24) is 4.90 Å². The summed E-state index contributed by atoms with van der Waals surface area (Å²) in [5, 5.41) is 2.87. The van der Waals surface area contributed by atoms with Gasteiger partial charge in [-0.15, -0.1) is 0 Å². The van der Waals surface area contributed by atoms with E-state index in [1.165, 1.54) is 5.56 Å². The molecule has 2 heterocycles. The van der Waals surface area contributed by atoms with Crippen molar-refractivity contribution >= 4 is 23.2 Å². The number of hydrogen-bond acceptors (Lipinski definition) is 3. The predicted molar refractivity (Wildman–Crippen MR) is 103 cm³/mol. The van der Waals surface area contributed by atoms with E-state index in [1.807, 2.05) is 42.2 Å². The third-order valence-electron chi connectivity index (χ3n) is 5.40. The number of amides is 2. The molecule has 0 saturated carbocycles. The zero-order valence-corrected chi connectivity index (χ0v) is 15.2. The SMILES string of the molecule is Cc1ccc(C(=O)N2CCN(c3ccc4c(c3)CC(=O)N4)CC2)cc1C. The number of aryl methyl sites for hydroxylation is 2. The fourth-order valence-corrected chi connectivity index (χ4v) is 3.64. The van der Waals surface area contributed by atoms with E-state index in [4.69, 9.17) is 0 Å². The summed E-state index contributed by atoms with van der Waals surface area (Å²) in [6.45, 7) is 7.12. The highest BCUT2D eigenvalue weighted by molar-refractivity contribution is 5.99. The first-order valence-corrected chi connectivity index (χ1v) is 9.05. The summed E-state index contributed by atoms with van der Waals surface area (Å²) in [6, 6.07) is 12.0. The van der Waals surface area contributed by atoms with Crippen LogP contribution < -0.4 is 10.2 Å². The van der Waals surface area contributed by atoms with Gasteiger partial charge in [-0.05, 0) is 60.9 Å². The molecule has 134 valence electrons. The number of piperazine rings is 1. The molecule has 2 amide bonds. The zero-order valence-electron chi connectivity index (χ0n) is 15.2. The molecule has 4 rings (SSSR count). The Bertz CT molecular complexity index is 883. The average molecular weight is 349 g/mol. The molecule has 2 aliphatic rings. The van der Waals surface area contributed by atoms with Gasteiger partial charge in [0, 0.05) is 43.1 Å². The quantitative estimate of drug-likeness (QED) is 0.907. The van der Waals surface area contributed by atoms with Crippen molar-refractivity contribution in [3.05, 3.63) is 58.7 Å². The van der Waals surface area contributed by atoms with Crippen LogP contribution in [0.1, 0.15) is 27.0 Å². The van der Waals surface area contributed by atoms with Crippen molar-refractivity contribution in [3.8, 4) is 0 Å². The predicted octanol–water partition coefficient (Wildman–Crippen LogP) is 2.76. The fraction of sp³-hybridized carbons (Fsp3) is 0.333. The Morgan fingerprint density at radius 3 is 2.46 bits per heavy atom. The van der Waals surface area contributed by atoms with Gasteiger partial charge >= 0.3 is 0 Å². The minimum absolute atomic E-state index is 0.0564. The van der Waals surface area contributed by atoms with Gasteiger partial charge in [0.1, 0.15) is 0 Å². The molecule has 0 aliphatic carbocycles. The number of benzene rings is 2. The Hall–Kier alpha value is -2.82. The van der Waals surface area contributed by atoms with Crippen LogP contribution in [0, 0.1) is 13.8 Å². The van der Waals surface area contributed by atoms with E-state index in [9.17, 15) is 9.59 Å². The number of rotatable bonds is 2. The molecule has 5 heteroatoms. The summed E-state index contributed by atoms with van der Waals surface area (Å²) in [5.74, 6) is 0.164. The van der Waals surface area contributed by atoms with Crippen molar-refractivity contribution in [2.75, 3.05) is 36.4 Å². The second kappa shape index (κ2) is 6.48. The van der Waals surface area contributed by atoms with Crippen LogP contribution in [0.15, 0.2) is 36.4 Å². The standard InChI is InChI=1S/C21H23N3O2/c1-14-3-4-16(11-15(14)2)21(26)24-9-7-23(8-10-24)18-5-6-19-17(12-18)13-20(25)22-19/h3-6,11-12H,7-10,13H2,1-2H3,(H,22,25). The van der Waals surface area contributed by atoms with Crippen LogP contribution in [-0.4, -0.2) is 42.9 Å². The van der Waals surface area contributed by atoms with Gasteiger partial charge in [-0.25, -0.2) is 0 Å². The largest absolute Gasteiger partial charge is 0.368 e. The van der Waals surface area contributed by atoms with Crippen LogP contribution in [0.4, 0.5) is 11.4 Å². The van der Waals surface area contributed by atoms with E-state index in [0.717, 1.165) is 41.2 Å². The van der Waals surface area contributed by atoms with Crippen molar-refractivity contribution in [3.63, 3.8) is 0 Å². The number of nitrogens with one attached hydrogen (secondary N) is 1. The lowest BCUT2D eigenvalue weighted by molar-refractivity contribution is -0.115. The maximum absolute atomic E-state index is 12.8. The van der Waals surface area contributed by atoms with Crippen molar-refractivity contribution in [2.45, 2.75) is 20.3 Å². The van der Waals surface area contributed by atoms with Gasteiger partial charge in [0.05, 0.1) is 6.42 Å². The number of nitrogens with zero attached hydrogens (tertiary/aromatic N) is 2. The Morgan fingerprint density at radius 2 is 1.73 bits per heavy atom. The van der Waals surface area contributed by atoms with Crippen LogP contribution in [0.5, 0.6) is 0 Å². The summed E-state index contributed by atoms with van der Waals surface area (Å²) in [5.41, 5.74) is 6.22. The summed E-state index contributed by atoms with van der Waals surface area (Å²) in [6.07, 6.45) is 0.453. The minimum atomic E-state index is 0.0564. The third kappa shape index (κ3) is 3.05. The molecule has 1 saturated heterocycles. The van der Waals surface area contributed by atoms with Crippen LogP contribution in [0.3, 0.4) is 0 Å². The average Bonchev–Trinajstić information content (AvgIpc) is 3.02. The maximum Gasteiger partial charge on any atom is 0.253 e. The summed E-state index contributed by atoms with van der Waals surface area (Å²) in [4.78, 5) is 28.5. The topological polar surface area (TPSA) is 52.7 Å². The van der Waals surface area contributed by atoms with Gasteiger partial charge in [-0.1, -0.05) is 6.07 Å². The van der Waals surface area contributed by atoms with Gasteiger partial charge in [0.25, 0.3) is 5.91 Å². The second-order valence-electron chi connectivity index (χ2n) is 7.14. The summed E-state index contributed by atoms with van der Waals surface area (Å²) >= 11 is 0. The van der Waals surface area contributed by atoms with Crippen LogP contribution in [-0.2, 0) is 11.2 Å². The van der Waals surface area contributed by atoms with Crippen LogP contribution >= 0.6 is 0 Å². The normalized spacial score (nSPS) is 16.5. The van der Waals surface area contributed by atoms with Crippen LogP contribution in [0.25, 0.3) is 0 Å². The molecule has 2 aliphatic heterocycles. The Balaban J connectivity index is 1.42. The number of fused-ring (bicyclic) bond motifs is 1. The molecule has 0 aromatic heterocycles. The minimum Gasteiger partial charge on any atom is -0.368 e. The lowest BCUT2D eigenvalue weighted by Gasteiger charge is -2.36. The summed E-state index contributed by atoms with van der Waals surface area (Å²) < 4.78 is 0. The molecule has 1 fully saturated rings. The highest BCUT2D eigenvalue weighted by atomic mass is 16.2. The molecule has 2 aromatic rings. The van der Waals surface area contributed by atoms with E-state index >= 15 is 0 Å². The number of anilines is 2. The molecule has 0 atom stereocenters. The first-order valence-electron chi connectivity index (χ1n) is 9.05. The molecule has 0 spiro atoms. The zero-order chi connectivity index (χ0) is 18.3. The van der Waals surface area contributed by atoms with Crippen molar-refractivity contribution in [1.29, 1.82) is 0 Å². The van der Waals surface area contributed by atoms with E-state index in [0.29, 0.717) is 19.5 Å². The molecule has 0 bridgehead atoms. The Labute approximate surface area is 153 Å². The van der Waals surface area contributed by atoms with E-state index in [2.05, 4.69) is 23.2 Å². The molecule has 0 radical (unpaired) electrons. The molecule has 1 N–H and O–H groups in total. The molecule has 0 unspecified atom stereocenters. The van der Waals surface area contributed by atoms with E-state index in [-0.39, 0.29) is 11.8 Å². The lowest BCUT2D eigenvalue weighted by Crippen LogP contribution is -2.48. The van der Waals surface area contributed by atoms with Crippen molar-refractivity contribution < 1.29 is 9.59 Å². The molecular weight excluding hydrogens is 326 g/mol. The highest BCUT2D eigenvalue weighted by Gasteiger charge is 2.24. The van der Waals surface area contributed by atoms with E-state index in [1.54, 1.807) is 0 Å². The molecule has 2 aromatic carbocycles. The second-order valence-corrected chi connectivity index (χ2v) is 7.14. The number of carbonyl (C=O) groups excluding carboxylic acids is 2. The van der Waals surface area contributed by atoms with Gasteiger partial charge in [0.15, 0.2) is 0 Å². The molecule has 5 nitrogen and oxygen atoms in total. The maximum atomic E-state index is 12.8. The first-order chi connectivity index (χ1) is 12.5. The summed E-state index contributed by atoms with van der Waals surface area (Å²) in [7, 11) is 0.